The third-order valence-electron chi connectivity index (χ3n) is 4.16. The maximum Gasteiger partial charge on any atom is 0.0702 e. The van der Waals surface area contributed by atoms with Gasteiger partial charge in [0, 0.05) is 26.2 Å². The molecular weight excluding hydrogens is 212 g/mol. The lowest BCUT2D eigenvalue weighted by atomic mass is 9.82. The summed E-state index contributed by atoms with van der Waals surface area (Å²) in [4.78, 5) is 2.62. The molecule has 0 aliphatic carbocycles. The van der Waals surface area contributed by atoms with Crippen molar-refractivity contribution in [3.8, 4) is 0 Å². The van der Waals surface area contributed by atoms with Gasteiger partial charge in [-0.05, 0) is 51.1 Å². The number of hydrogen-bond acceptors (Lipinski definition) is 3. The van der Waals surface area contributed by atoms with Crippen LogP contribution in [0.25, 0.3) is 0 Å². The predicted octanol–water partition coefficient (Wildman–Crippen LogP) is 1.88. The molecule has 0 aromatic carbocycles. The van der Waals surface area contributed by atoms with Gasteiger partial charge >= 0.3 is 0 Å². The first-order valence-electron chi connectivity index (χ1n) is 7.26. The van der Waals surface area contributed by atoms with Crippen LogP contribution < -0.4 is 5.32 Å². The summed E-state index contributed by atoms with van der Waals surface area (Å²) in [7, 11) is 0. The van der Waals surface area contributed by atoms with Crippen molar-refractivity contribution in [2.45, 2.75) is 45.6 Å². The van der Waals surface area contributed by atoms with Gasteiger partial charge in [-0.1, -0.05) is 6.92 Å². The van der Waals surface area contributed by atoms with Crippen molar-refractivity contribution in [2.24, 2.45) is 5.41 Å². The fourth-order valence-electron chi connectivity index (χ4n) is 3.32. The molecule has 0 aromatic rings. The highest BCUT2D eigenvalue weighted by Crippen LogP contribution is 2.28. The highest BCUT2D eigenvalue weighted by Gasteiger charge is 2.31. The van der Waals surface area contributed by atoms with E-state index in [4.69, 9.17) is 4.74 Å². The molecule has 2 saturated heterocycles. The maximum atomic E-state index is 5.78. The average Bonchev–Trinajstić information content (AvgIpc) is 2.30. The van der Waals surface area contributed by atoms with Gasteiger partial charge in [0.25, 0.3) is 0 Å². The van der Waals surface area contributed by atoms with Crippen molar-refractivity contribution < 1.29 is 4.74 Å². The van der Waals surface area contributed by atoms with Crippen LogP contribution in [0.4, 0.5) is 0 Å². The zero-order valence-electron chi connectivity index (χ0n) is 11.5. The lowest BCUT2D eigenvalue weighted by molar-refractivity contribution is -0.00759. The van der Waals surface area contributed by atoms with Gasteiger partial charge in [-0.2, -0.15) is 0 Å². The zero-order chi connectivity index (χ0) is 12.1. The Morgan fingerprint density at radius 2 is 2.29 bits per heavy atom. The molecule has 2 atom stereocenters. The summed E-state index contributed by atoms with van der Waals surface area (Å²) in [5.41, 5.74) is 0.479. The summed E-state index contributed by atoms with van der Waals surface area (Å²) in [6, 6.07) is 0. The largest absolute Gasteiger partial charge is 0.377 e. The van der Waals surface area contributed by atoms with Gasteiger partial charge in [0.2, 0.25) is 0 Å². The van der Waals surface area contributed by atoms with E-state index >= 15 is 0 Å². The predicted molar refractivity (Wildman–Crippen MR) is 71.3 cm³/mol. The number of nitrogens with one attached hydrogen (secondary N) is 1. The van der Waals surface area contributed by atoms with E-state index in [1.807, 2.05) is 0 Å². The molecule has 17 heavy (non-hydrogen) atoms. The second-order valence-corrected chi connectivity index (χ2v) is 6.05. The molecular formula is C14H28N2O. The van der Waals surface area contributed by atoms with Crippen LogP contribution in [0, 0.1) is 5.41 Å². The molecule has 3 nitrogen and oxygen atoms in total. The maximum absolute atomic E-state index is 5.78. The summed E-state index contributed by atoms with van der Waals surface area (Å²) >= 11 is 0. The molecule has 2 rings (SSSR count). The number of piperidine rings is 2. The zero-order valence-corrected chi connectivity index (χ0v) is 11.5. The Bertz CT molecular complexity index is 224. The molecule has 2 heterocycles. The molecule has 2 aliphatic rings. The lowest BCUT2D eigenvalue weighted by Crippen LogP contribution is -2.49. The van der Waals surface area contributed by atoms with Crippen molar-refractivity contribution in [3.05, 3.63) is 0 Å². The van der Waals surface area contributed by atoms with Crippen LogP contribution >= 0.6 is 0 Å². The third-order valence-corrected chi connectivity index (χ3v) is 4.16. The van der Waals surface area contributed by atoms with E-state index in [-0.39, 0.29) is 0 Å². The van der Waals surface area contributed by atoms with Crippen molar-refractivity contribution in [3.63, 3.8) is 0 Å². The monoisotopic (exact) mass is 240 g/mol. The van der Waals surface area contributed by atoms with E-state index in [2.05, 4.69) is 24.1 Å². The molecule has 1 N–H and O–H groups in total. The minimum absolute atomic E-state index is 0.479. The number of hydrogen-bond donors (Lipinski definition) is 1. The quantitative estimate of drug-likeness (QED) is 0.812. The molecule has 0 saturated carbocycles. The van der Waals surface area contributed by atoms with E-state index in [0.717, 1.165) is 13.2 Å². The van der Waals surface area contributed by atoms with E-state index in [9.17, 15) is 0 Å². The van der Waals surface area contributed by atoms with Crippen LogP contribution in [0.2, 0.25) is 0 Å². The summed E-state index contributed by atoms with van der Waals surface area (Å²) in [6.45, 7) is 11.4. The lowest BCUT2D eigenvalue weighted by Gasteiger charge is -2.41. The van der Waals surface area contributed by atoms with Crippen LogP contribution in [0.15, 0.2) is 0 Å². The minimum Gasteiger partial charge on any atom is -0.377 e. The Balaban J connectivity index is 1.81. The molecule has 0 aromatic heterocycles. The van der Waals surface area contributed by atoms with Gasteiger partial charge in [0.1, 0.15) is 0 Å². The highest BCUT2D eigenvalue weighted by atomic mass is 16.5. The Morgan fingerprint density at radius 3 is 3.00 bits per heavy atom. The molecule has 0 bridgehead atoms. The summed E-state index contributed by atoms with van der Waals surface area (Å²) in [6.07, 6.45) is 5.73. The standard InChI is InChI=1S/C14H28N2O/c1-3-17-13-6-4-9-16(10-13)12-14(2)7-5-8-15-11-14/h13,15H,3-12H2,1-2H3. The van der Waals surface area contributed by atoms with Crippen molar-refractivity contribution in [2.75, 3.05) is 39.3 Å². The molecule has 0 spiro atoms. The Morgan fingerprint density at radius 1 is 1.41 bits per heavy atom. The van der Waals surface area contributed by atoms with Crippen molar-refractivity contribution >= 4 is 0 Å². The van der Waals surface area contributed by atoms with Gasteiger partial charge in [0.15, 0.2) is 0 Å². The Kier molecular flexibility index (Phi) is 4.83. The first kappa shape index (κ1) is 13.3. The fourth-order valence-corrected chi connectivity index (χ4v) is 3.32. The van der Waals surface area contributed by atoms with Crippen LogP contribution in [0.3, 0.4) is 0 Å². The Hall–Kier alpha value is -0.120. The molecule has 2 unspecified atom stereocenters. The molecule has 2 fully saturated rings. The average molecular weight is 240 g/mol. The van der Waals surface area contributed by atoms with Gasteiger partial charge in [-0.15, -0.1) is 0 Å². The fraction of sp³-hybridized carbons (Fsp3) is 1.00. The summed E-state index contributed by atoms with van der Waals surface area (Å²) in [5.74, 6) is 0. The highest BCUT2D eigenvalue weighted by molar-refractivity contribution is 4.86. The first-order valence-corrected chi connectivity index (χ1v) is 7.26. The molecule has 2 aliphatic heterocycles. The first-order chi connectivity index (χ1) is 8.22. The summed E-state index contributed by atoms with van der Waals surface area (Å²) < 4.78 is 5.78. The smallest absolute Gasteiger partial charge is 0.0702 e. The number of rotatable bonds is 4. The normalized spacial score (nSPS) is 36.0. The molecule has 0 amide bonds. The van der Waals surface area contributed by atoms with Crippen molar-refractivity contribution in [1.29, 1.82) is 0 Å². The van der Waals surface area contributed by atoms with E-state index in [1.54, 1.807) is 0 Å². The number of likely N-dealkylation sites (tertiary alicyclic amines) is 1. The van der Waals surface area contributed by atoms with E-state index in [1.165, 1.54) is 51.9 Å². The van der Waals surface area contributed by atoms with Gasteiger partial charge < -0.3 is 15.0 Å². The van der Waals surface area contributed by atoms with Crippen LogP contribution in [-0.4, -0.2) is 50.3 Å². The van der Waals surface area contributed by atoms with Crippen LogP contribution in [0.5, 0.6) is 0 Å². The SMILES string of the molecule is CCOC1CCCN(CC2(C)CCCNC2)C1. The Labute approximate surface area is 106 Å². The molecule has 3 heteroatoms. The van der Waals surface area contributed by atoms with Gasteiger partial charge in [-0.3, -0.25) is 0 Å². The molecule has 100 valence electrons. The second-order valence-electron chi connectivity index (χ2n) is 6.05. The third kappa shape index (κ3) is 3.94. The van der Waals surface area contributed by atoms with Crippen LogP contribution in [-0.2, 0) is 4.74 Å². The summed E-state index contributed by atoms with van der Waals surface area (Å²) in [5, 5.41) is 3.54. The number of ether oxygens (including phenoxy) is 1. The van der Waals surface area contributed by atoms with Gasteiger partial charge in [0.05, 0.1) is 6.10 Å². The topological polar surface area (TPSA) is 24.5 Å². The minimum atomic E-state index is 0.479. The number of nitrogens with zero attached hydrogens (tertiary/aromatic N) is 1. The van der Waals surface area contributed by atoms with Crippen LogP contribution in [0.1, 0.15) is 39.5 Å². The van der Waals surface area contributed by atoms with E-state index < -0.39 is 0 Å². The molecule has 0 radical (unpaired) electrons. The van der Waals surface area contributed by atoms with Gasteiger partial charge in [-0.25, -0.2) is 0 Å². The van der Waals surface area contributed by atoms with Crippen molar-refractivity contribution in [1.82, 2.24) is 10.2 Å². The van der Waals surface area contributed by atoms with E-state index in [0.29, 0.717) is 11.5 Å². The second kappa shape index (κ2) is 6.17.